The standard InChI is InChI=1S/C16H19N3O5S/c20-12-3-1-2-11(8-12)17-14(21)9-13-15(22)19(16(23)25-13)10-18-4-6-24-7-5-18/h1-3,8,13,20H,4-7,9-10H2,(H,17,21)/p+1/t13-/m0/s1. The summed E-state index contributed by atoms with van der Waals surface area (Å²) in [5.74, 6) is -0.649. The molecule has 134 valence electrons. The van der Waals surface area contributed by atoms with Gasteiger partial charge in [-0.05, 0) is 12.1 Å². The molecule has 1 atom stereocenters. The van der Waals surface area contributed by atoms with E-state index in [4.69, 9.17) is 4.74 Å². The Kier molecular flexibility index (Phi) is 5.57. The van der Waals surface area contributed by atoms with Gasteiger partial charge in [0.05, 0.1) is 13.2 Å². The maximum absolute atomic E-state index is 12.5. The molecule has 9 heteroatoms. The van der Waals surface area contributed by atoms with E-state index < -0.39 is 5.25 Å². The number of carbonyl (C=O) groups is 3. The van der Waals surface area contributed by atoms with E-state index in [9.17, 15) is 19.5 Å². The molecule has 1 aromatic carbocycles. The molecule has 0 aromatic heterocycles. The van der Waals surface area contributed by atoms with E-state index in [1.165, 1.54) is 17.0 Å². The van der Waals surface area contributed by atoms with Crippen molar-refractivity contribution in [2.75, 3.05) is 38.3 Å². The smallest absolute Gasteiger partial charge is 0.293 e. The third-order valence-electron chi connectivity index (χ3n) is 4.09. The Morgan fingerprint density at radius 1 is 1.36 bits per heavy atom. The Morgan fingerprint density at radius 3 is 2.84 bits per heavy atom. The molecule has 0 bridgehead atoms. The van der Waals surface area contributed by atoms with E-state index in [0.29, 0.717) is 25.6 Å². The van der Waals surface area contributed by atoms with Crippen LogP contribution in [0.25, 0.3) is 0 Å². The molecule has 2 aliphatic rings. The summed E-state index contributed by atoms with van der Waals surface area (Å²) in [6, 6.07) is 6.16. The highest BCUT2D eigenvalue weighted by Gasteiger charge is 2.42. The fraction of sp³-hybridized carbons (Fsp3) is 0.438. The summed E-state index contributed by atoms with van der Waals surface area (Å²) in [6.07, 6.45) is -0.0835. The fourth-order valence-corrected chi connectivity index (χ4v) is 3.76. The Bertz CT molecular complexity index is 677. The number of thioether (sulfide) groups is 1. The SMILES string of the molecule is O=C(C[C@@H]1SC(=O)N(C[NH+]2CCOCC2)C1=O)Nc1cccc(O)c1. The van der Waals surface area contributed by atoms with Gasteiger partial charge in [0.15, 0.2) is 6.67 Å². The number of quaternary nitrogens is 1. The molecule has 2 heterocycles. The van der Waals surface area contributed by atoms with Crippen LogP contribution < -0.4 is 10.2 Å². The summed E-state index contributed by atoms with van der Waals surface area (Å²) in [5, 5.41) is 11.0. The summed E-state index contributed by atoms with van der Waals surface area (Å²) < 4.78 is 5.27. The maximum Gasteiger partial charge on any atom is 0.293 e. The topological polar surface area (TPSA) is 100 Å². The van der Waals surface area contributed by atoms with Crippen LogP contribution in [0.2, 0.25) is 0 Å². The first-order valence-electron chi connectivity index (χ1n) is 8.05. The normalized spacial score (nSPS) is 21.6. The van der Waals surface area contributed by atoms with Crippen LogP contribution >= 0.6 is 11.8 Å². The lowest BCUT2D eigenvalue weighted by molar-refractivity contribution is -0.915. The molecule has 2 saturated heterocycles. The lowest BCUT2D eigenvalue weighted by Gasteiger charge is -2.26. The third kappa shape index (κ3) is 4.50. The molecule has 2 aliphatic heterocycles. The van der Waals surface area contributed by atoms with Crippen molar-refractivity contribution in [1.29, 1.82) is 0 Å². The molecule has 2 fully saturated rings. The number of hydrogen-bond donors (Lipinski definition) is 3. The van der Waals surface area contributed by atoms with Gasteiger partial charge in [-0.2, -0.15) is 0 Å². The average molecular weight is 366 g/mol. The van der Waals surface area contributed by atoms with Crippen LogP contribution in [-0.4, -0.2) is 65.3 Å². The van der Waals surface area contributed by atoms with Crippen molar-refractivity contribution < 1.29 is 29.1 Å². The highest BCUT2D eigenvalue weighted by atomic mass is 32.2. The summed E-state index contributed by atoms with van der Waals surface area (Å²) in [6.45, 7) is 3.07. The number of morpholine rings is 1. The third-order valence-corrected chi connectivity index (χ3v) is 5.16. The Hall–Kier alpha value is -2.10. The number of anilines is 1. The van der Waals surface area contributed by atoms with Gasteiger partial charge in [0, 0.05) is 18.2 Å². The van der Waals surface area contributed by atoms with Crippen molar-refractivity contribution in [3.63, 3.8) is 0 Å². The number of nitrogens with zero attached hydrogens (tertiary/aromatic N) is 1. The fourth-order valence-electron chi connectivity index (χ4n) is 2.78. The van der Waals surface area contributed by atoms with Crippen molar-refractivity contribution in [1.82, 2.24) is 4.90 Å². The second kappa shape index (κ2) is 7.85. The number of aromatic hydroxyl groups is 1. The number of amides is 3. The Labute approximate surface area is 149 Å². The zero-order chi connectivity index (χ0) is 17.8. The molecule has 3 amide bonds. The zero-order valence-electron chi connectivity index (χ0n) is 13.6. The lowest BCUT2D eigenvalue weighted by atomic mass is 10.2. The van der Waals surface area contributed by atoms with Gasteiger partial charge in [0.1, 0.15) is 24.1 Å². The predicted molar refractivity (Wildman–Crippen MR) is 91.4 cm³/mol. The maximum atomic E-state index is 12.5. The van der Waals surface area contributed by atoms with Crippen molar-refractivity contribution in [2.24, 2.45) is 0 Å². The molecular formula is C16H20N3O5S+. The van der Waals surface area contributed by atoms with Crippen LogP contribution in [0.1, 0.15) is 6.42 Å². The van der Waals surface area contributed by atoms with Gasteiger partial charge >= 0.3 is 0 Å². The first-order valence-corrected chi connectivity index (χ1v) is 8.93. The Balaban J connectivity index is 1.55. The number of hydrogen-bond acceptors (Lipinski definition) is 6. The minimum Gasteiger partial charge on any atom is -0.508 e. The van der Waals surface area contributed by atoms with Crippen LogP contribution in [-0.2, 0) is 14.3 Å². The summed E-state index contributed by atoms with van der Waals surface area (Å²) in [7, 11) is 0. The zero-order valence-corrected chi connectivity index (χ0v) is 14.4. The van der Waals surface area contributed by atoms with Crippen molar-refractivity contribution in [3.8, 4) is 5.75 Å². The number of phenols is 1. The summed E-state index contributed by atoms with van der Waals surface area (Å²) in [4.78, 5) is 39.0. The van der Waals surface area contributed by atoms with E-state index in [-0.39, 0.29) is 29.2 Å². The number of carbonyl (C=O) groups excluding carboxylic acids is 3. The van der Waals surface area contributed by atoms with E-state index in [1.807, 2.05) is 0 Å². The summed E-state index contributed by atoms with van der Waals surface area (Å²) >= 11 is 0.895. The van der Waals surface area contributed by atoms with Gasteiger partial charge in [0.25, 0.3) is 5.24 Å². The van der Waals surface area contributed by atoms with Crippen molar-refractivity contribution in [3.05, 3.63) is 24.3 Å². The van der Waals surface area contributed by atoms with E-state index in [1.54, 1.807) is 12.1 Å². The number of imide groups is 1. The minimum absolute atomic E-state index is 0.0407. The van der Waals surface area contributed by atoms with E-state index >= 15 is 0 Å². The van der Waals surface area contributed by atoms with Crippen LogP contribution in [0.4, 0.5) is 10.5 Å². The number of rotatable bonds is 5. The summed E-state index contributed by atoms with van der Waals surface area (Å²) in [5.41, 5.74) is 0.446. The molecule has 1 aromatic rings. The predicted octanol–water partition coefficient (Wildman–Crippen LogP) is -0.343. The largest absolute Gasteiger partial charge is 0.508 e. The first-order chi connectivity index (χ1) is 12.0. The van der Waals surface area contributed by atoms with Gasteiger partial charge in [-0.15, -0.1) is 0 Å². The van der Waals surface area contributed by atoms with E-state index in [2.05, 4.69) is 5.32 Å². The van der Waals surface area contributed by atoms with E-state index in [0.717, 1.165) is 29.8 Å². The molecule has 8 nitrogen and oxygen atoms in total. The van der Waals surface area contributed by atoms with Gasteiger partial charge < -0.3 is 20.1 Å². The van der Waals surface area contributed by atoms with Crippen LogP contribution in [0.3, 0.4) is 0 Å². The van der Waals surface area contributed by atoms with Crippen LogP contribution in [0.5, 0.6) is 5.75 Å². The molecule has 3 N–H and O–H groups in total. The molecule has 0 radical (unpaired) electrons. The molecule has 3 rings (SSSR count). The lowest BCUT2D eigenvalue weighted by Crippen LogP contribution is -3.15. The number of ether oxygens (including phenoxy) is 1. The second-order valence-corrected chi connectivity index (χ2v) is 7.12. The van der Waals surface area contributed by atoms with Gasteiger partial charge in [-0.1, -0.05) is 17.8 Å². The number of nitrogens with one attached hydrogen (secondary N) is 2. The quantitative estimate of drug-likeness (QED) is 0.659. The second-order valence-electron chi connectivity index (χ2n) is 5.96. The van der Waals surface area contributed by atoms with Gasteiger partial charge in [0.2, 0.25) is 11.8 Å². The molecule has 0 aliphatic carbocycles. The van der Waals surface area contributed by atoms with Crippen molar-refractivity contribution >= 4 is 34.5 Å². The monoisotopic (exact) mass is 366 g/mol. The highest BCUT2D eigenvalue weighted by molar-refractivity contribution is 8.15. The van der Waals surface area contributed by atoms with Crippen molar-refractivity contribution in [2.45, 2.75) is 11.7 Å². The first kappa shape index (κ1) is 17.7. The average Bonchev–Trinajstić information content (AvgIpc) is 2.83. The number of benzene rings is 1. The molecular weight excluding hydrogens is 346 g/mol. The van der Waals surface area contributed by atoms with Gasteiger partial charge in [-0.25, -0.2) is 4.90 Å². The van der Waals surface area contributed by atoms with Crippen LogP contribution in [0, 0.1) is 0 Å². The van der Waals surface area contributed by atoms with Crippen LogP contribution in [0.15, 0.2) is 24.3 Å². The minimum atomic E-state index is -0.703. The number of phenolic OH excluding ortho intramolecular Hbond substituents is 1. The molecule has 0 saturated carbocycles. The molecule has 25 heavy (non-hydrogen) atoms. The highest BCUT2D eigenvalue weighted by Crippen LogP contribution is 2.29. The molecule has 0 spiro atoms. The van der Waals surface area contributed by atoms with Gasteiger partial charge in [-0.3, -0.25) is 14.4 Å². The Morgan fingerprint density at radius 2 is 2.12 bits per heavy atom. The molecule has 0 unspecified atom stereocenters.